The van der Waals surface area contributed by atoms with Crippen molar-refractivity contribution < 1.29 is 13.2 Å². The second kappa shape index (κ2) is 10.2. The Morgan fingerprint density at radius 3 is 2.67 bits per heavy atom. The van der Waals surface area contributed by atoms with E-state index in [-0.39, 0.29) is 11.9 Å². The summed E-state index contributed by atoms with van der Waals surface area (Å²) >= 11 is 5.97. The number of amides is 1. The smallest absolute Gasteiger partial charge is 0.246 e. The van der Waals surface area contributed by atoms with Crippen LogP contribution in [0, 0.1) is 0 Å². The first-order valence-corrected chi connectivity index (χ1v) is 12.4. The van der Waals surface area contributed by atoms with E-state index in [9.17, 15) is 13.2 Å². The van der Waals surface area contributed by atoms with Crippen LogP contribution < -0.4 is 4.72 Å². The van der Waals surface area contributed by atoms with Crippen molar-refractivity contribution in [3.8, 4) is 11.1 Å². The second-order valence-electron chi connectivity index (χ2n) is 7.60. The fourth-order valence-electron chi connectivity index (χ4n) is 3.73. The Labute approximate surface area is 183 Å². The lowest BCUT2D eigenvalue weighted by Crippen LogP contribution is -2.44. The zero-order chi connectivity index (χ0) is 21.6. The summed E-state index contributed by atoms with van der Waals surface area (Å²) in [7, 11) is -3.21. The normalized spacial score (nSPS) is 17.4. The molecule has 3 rings (SSSR count). The van der Waals surface area contributed by atoms with Crippen LogP contribution in [0.5, 0.6) is 0 Å². The summed E-state index contributed by atoms with van der Waals surface area (Å²) in [5.41, 5.74) is 3.07. The molecule has 0 spiro atoms. The molecule has 1 saturated heterocycles. The van der Waals surface area contributed by atoms with Gasteiger partial charge in [-0.05, 0) is 66.6 Å². The van der Waals surface area contributed by atoms with Gasteiger partial charge in [-0.25, -0.2) is 13.1 Å². The number of carbonyl (C=O) groups is 1. The Balaban J connectivity index is 1.66. The van der Waals surface area contributed by atoms with E-state index in [1.165, 1.54) is 0 Å². The minimum Gasteiger partial charge on any atom is -0.336 e. The van der Waals surface area contributed by atoms with Crippen LogP contribution in [0.2, 0.25) is 5.02 Å². The van der Waals surface area contributed by atoms with Gasteiger partial charge in [0.1, 0.15) is 0 Å². The van der Waals surface area contributed by atoms with Gasteiger partial charge in [-0.3, -0.25) is 4.79 Å². The summed E-state index contributed by atoms with van der Waals surface area (Å²) < 4.78 is 25.1. The van der Waals surface area contributed by atoms with Gasteiger partial charge in [-0.2, -0.15) is 0 Å². The zero-order valence-corrected chi connectivity index (χ0v) is 18.6. The van der Waals surface area contributed by atoms with E-state index < -0.39 is 10.0 Å². The Bertz CT molecular complexity index is 1000. The van der Waals surface area contributed by atoms with Crippen LogP contribution >= 0.6 is 11.6 Å². The Hall–Kier alpha value is -2.15. The fourth-order valence-corrected chi connectivity index (χ4v) is 4.34. The van der Waals surface area contributed by atoms with Gasteiger partial charge in [0.15, 0.2) is 0 Å². The van der Waals surface area contributed by atoms with Crippen molar-refractivity contribution in [2.45, 2.75) is 31.7 Å². The molecule has 160 valence electrons. The largest absolute Gasteiger partial charge is 0.336 e. The van der Waals surface area contributed by atoms with Crippen molar-refractivity contribution in [2.24, 2.45) is 0 Å². The number of hydrogen-bond donors (Lipinski definition) is 1. The lowest BCUT2D eigenvalue weighted by Gasteiger charge is -2.35. The minimum atomic E-state index is -3.21. The molecule has 1 aliphatic heterocycles. The molecule has 0 bridgehead atoms. The molecule has 1 fully saturated rings. The van der Waals surface area contributed by atoms with Crippen LogP contribution in [0.1, 0.15) is 31.2 Å². The first-order valence-electron chi connectivity index (χ1n) is 10.1. The van der Waals surface area contributed by atoms with Gasteiger partial charge in [0.25, 0.3) is 0 Å². The van der Waals surface area contributed by atoms with Crippen LogP contribution in [-0.4, -0.2) is 44.6 Å². The molecule has 1 unspecified atom stereocenters. The number of likely N-dealkylation sites (tertiary alicyclic amines) is 1. The van der Waals surface area contributed by atoms with Crippen molar-refractivity contribution in [1.29, 1.82) is 0 Å². The average Bonchev–Trinajstić information content (AvgIpc) is 2.72. The van der Waals surface area contributed by atoms with E-state index in [1.54, 1.807) is 6.08 Å². The van der Waals surface area contributed by atoms with Gasteiger partial charge in [-0.15, -0.1) is 0 Å². The SMILES string of the molecule is CS(=O)(=O)NCCC1CCCCN1C(=O)/C=C/c1cccc(-c2ccc(Cl)cc2)c1. The topological polar surface area (TPSA) is 66.5 Å². The van der Waals surface area contributed by atoms with E-state index in [1.807, 2.05) is 59.5 Å². The summed E-state index contributed by atoms with van der Waals surface area (Å²) in [5.74, 6) is -0.0315. The highest BCUT2D eigenvalue weighted by atomic mass is 35.5. The third-order valence-electron chi connectivity index (χ3n) is 5.23. The third-order valence-corrected chi connectivity index (χ3v) is 6.22. The first-order chi connectivity index (χ1) is 14.3. The molecule has 0 saturated carbocycles. The van der Waals surface area contributed by atoms with E-state index >= 15 is 0 Å². The summed E-state index contributed by atoms with van der Waals surface area (Å²) in [6.45, 7) is 1.05. The number of carbonyl (C=O) groups excluding carboxylic acids is 1. The quantitative estimate of drug-likeness (QED) is 0.643. The number of hydrogen-bond acceptors (Lipinski definition) is 3. The molecule has 7 heteroatoms. The van der Waals surface area contributed by atoms with E-state index in [0.717, 1.165) is 42.2 Å². The maximum Gasteiger partial charge on any atom is 0.246 e. The standard InChI is InChI=1S/C23H27ClN2O3S/c1-30(28,29)25-15-14-22-7-2-3-16-26(22)23(27)13-8-18-5-4-6-20(17-18)19-9-11-21(24)12-10-19/h4-6,8-13,17,22,25H,2-3,7,14-16H2,1H3/b13-8+. The molecule has 2 aromatic carbocycles. The van der Waals surface area contributed by atoms with Crippen LogP contribution in [-0.2, 0) is 14.8 Å². The number of benzene rings is 2. The first kappa shape index (κ1) is 22.5. The maximum atomic E-state index is 12.8. The van der Waals surface area contributed by atoms with Gasteiger partial charge in [-0.1, -0.05) is 41.9 Å². The second-order valence-corrected chi connectivity index (χ2v) is 9.87. The highest BCUT2D eigenvalue weighted by Gasteiger charge is 2.25. The van der Waals surface area contributed by atoms with E-state index in [0.29, 0.717) is 24.5 Å². The lowest BCUT2D eigenvalue weighted by molar-refractivity contribution is -0.129. The van der Waals surface area contributed by atoms with Crippen molar-refractivity contribution in [3.05, 3.63) is 65.2 Å². The number of piperidine rings is 1. The molecule has 0 aliphatic carbocycles. The van der Waals surface area contributed by atoms with Crippen molar-refractivity contribution >= 4 is 33.6 Å². The number of rotatable bonds is 7. The molecule has 30 heavy (non-hydrogen) atoms. The molecule has 1 aliphatic rings. The Kier molecular flexibility index (Phi) is 7.69. The molecule has 0 radical (unpaired) electrons. The molecule has 1 heterocycles. The lowest BCUT2D eigenvalue weighted by atomic mass is 9.99. The minimum absolute atomic E-state index is 0.0315. The third kappa shape index (κ3) is 6.69. The highest BCUT2D eigenvalue weighted by molar-refractivity contribution is 7.88. The number of sulfonamides is 1. The highest BCUT2D eigenvalue weighted by Crippen LogP contribution is 2.24. The Morgan fingerprint density at radius 2 is 1.93 bits per heavy atom. The summed E-state index contributed by atoms with van der Waals surface area (Å²) in [6, 6.07) is 15.7. The molecule has 0 aromatic heterocycles. The predicted octanol–water partition coefficient (Wildman–Crippen LogP) is 4.34. The van der Waals surface area contributed by atoms with Crippen LogP contribution in [0.15, 0.2) is 54.6 Å². The predicted molar refractivity (Wildman–Crippen MR) is 123 cm³/mol. The van der Waals surface area contributed by atoms with Crippen LogP contribution in [0.25, 0.3) is 17.2 Å². The molecule has 5 nitrogen and oxygen atoms in total. The van der Waals surface area contributed by atoms with Crippen LogP contribution in [0.3, 0.4) is 0 Å². The van der Waals surface area contributed by atoms with Crippen molar-refractivity contribution in [3.63, 3.8) is 0 Å². The Morgan fingerprint density at radius 1 is 1.17 bits per heavy atom. The number of halogens is 1. The van der Waals surface area contributed by atoms with Gasteiger partial charge < -0.3 is 4.90 Å². The van der Waals surface area contributed by atoms with Gasteiger partial charge in [0, 0.05) is 30.2 Å². The van der Waals surface area contributed by atoms with Gasteiger partial charge >= 0.3 is 0 Å². The summed E-state index contributed by atoms with van der Waals surface area (Å²) in [4.78, 5) is 14.7. The van der Waals surface area contributed by atoms with Gasteiger partial charge in [0.2, 0.25) is 15.9 Å². The van der Waals surface area contributed by atoms with Crippen molar-refractivity contribution in [2.75, 3.05) is 19.3 Å². The maximum absolute atomic E-state index is 12.8. The molecular formula is C23H27ClN2O3S. The number of nitrogens with one attached hydrogen (secondary N) is 1. The summed E-state index contributed by atoms with van der Waals surface area (Å²) in [5, 5.41) is 0.697. The number of nitrogens with zero attached hydrogens (tertiary/aromatic N) is 1. The van der Waals surface area contributed by atoms with E-state index in [4.69, 9.17) is 11.6 Å². The van der Waals surface area contributed by atoms with Crippen LogP contribution in [0.4, 0.5) is 0 Å². The molecule has 1 N–H and O–H groups in total. The molecule has 2 aromatic rings. The average molecular weight is 447 g/mol. The molecule has 1 amide bonds. The van der Waals surface area contributed by atoms with Crippen molar-refractivity contribution in [1.82, 2.24) is 9.62 Å². The van der Waals surface area contributed by atoms with Gasteiger partial charge in [0.05, 0.1) is 6.26 Å². The van der Waals surface area contributed by atoms with E-state index in [2.05, 4.69) is 4.72 Å². The summed E-state index contributed by atoms with van der Waals surface area (Å²) in [6.07, 6.45) is 8.15. The fraction of sp³-hybridized carbons (Fsp3) is 0.348. The molecular weight excluding hydrogens is 420 g/mol. The monoisotopic (exact) mass is 446 g/mol. The molecule has 1 atom stereocenters. The zero-order valence-electron chi connectivity index (χ0n) is 17.1.